The Morgan fingerprint density at radius 3 is 2.62 bits per heavy atom. The molecule has 6 nitrogen and oxygen atoms in total. The second kappa shape index (κ2) is 6.48. The Labute approximate surface area is 153 Å². The summed E-state index contributed by atoms with van der Waals surface area (Å²) < 4.78 is 25.9. The highest BCUT2D eigenvalue weighted by atomic mass is 32.2. The summed E-state index contributed by atoms with van der Waals surface area (Å²) in [4.78, 5) is 18.2. The number of aromatic nitrogens is 1. The summed E-state index contributed by atoms with van der Waals surface area (Å²) in [6.45, 7) is 2.61. The molecule has 3 heterocycles. The van der Waals surface area contributed by atoms with Crippen LogP contribution in [0.5, 0.6) is 0 Å². The number of nitrogens with one attached hydrogen (secondary N) is 1. The smallest absolute Gasteiger partial charge is 0.227 e. The first-order chi connectivity index (χ1) is 12.5. The van der Waals surface area contributed by atoms with Gasteiger partial charge in [-0.05, 0) is 60.2 Å². The predicted octanol–water partition coefficient (Wildman–Crippen LogP) is 2.02. The molecule has 0 spiro atoms. The van der Waals surface area contributed by atoms with Crippen LogP contribution in [0.15, 0.2) is 30.6 Å². The van der Waals surface area contributed by atoms with Gasteiger partial charge in [-0.25, -0.2) is 13.1 Å². The third kappa shape index (κ3) is 3.12. The van der Waals surface area contributed by atoms with Crippen LogP contribution in [0.3, 0.4) is 0 Å². The van der Waals surface area contributed by atoms with Crippen LogP contribution in [0, 0.1) is 0 Å². The molecule has 0 saturated carbocycles. The van der Waals surface area contributed by atoms with Gasteiger partial charge in [-0.1, -0.05) is 0 Å². The summed E-state index contributed by atoms with van der Waals surface area (Å²) in [7, 11) is -3.23. The molecule has 0 atom stereocenters. The Bertz CT molecular complexity index is 986. The topological polar surface area (TPSA) is 79.4 Å². The molecule has 136 valence electrons. The first-order valence-corrected chi connectivity index (χ1v) is 10.5. The number of hydrogen-bond donors (Lipinski definition) is 1. The number of carbonyl (C=O) groups excluding carboxylic acids is 1. The van der Waals surface area contributed by atoms with E-state index in [0.717, 1.165) is 41.8 Å². The van der Waals surface area contributed by atoms with Crippen LogP contribution in [0.1, 0.15) is 30.0 Å². The van der Waals surface area contributed by atoms with E-state index in [9.17, 15) is 13.2 Å². The largest absolute Gasteiger partial charge is 0.312 e. The van der Waals surface area contributed by atoms with Crippen molar-refractivity contribution in [2.75, 3.05) is 17.2 Å². The number of benzene rings is 1. The van der Waals surface area contributed by atoms with E-state index < -0.39 is 10.0 Å². The Kier molecular flexibility index (Phi) is 4.28. The second-order valence-electron chi connectivity index (χ2n) is 6.74. The fraction of sp³-hybridized carbons (Fsp3) is 0.368. The molecule has 4 rings (SSSR count). The lowest BCUT2D eigenvalue weighted by atomic mass is 9.94. The SMILES string of the molecule is CCS(=O)(=O)NCc1cncc(-c2cc3c4c(c2)CCN4C(=O)CC3)c1. The summed E-state index contributed by atoms with van der Waals surface area (Å²) in [5.74, 6) is 0.277. The van der Waals surface area contributed by atoms with Gasteiger partial charge in [-0.3, -0.25) is 9.78 Å². The Hall–Kier alpha value is -2.25. The number of aryl methyl sites for hydroxylation is 1. The molecule has 7 heteroatoms. The van der Waals surface area contributed by atoms with Gasteiger partial charge in [-0.15, -0.1) is 0 Å². The molecular weight excluding hydrogens is 350 g/mol. The molecule has 1 amide bonds. The molecule has 0 fully saturated rings. The fourth-order valence-corrected chi connectivity index (χ4v) is 4.25. The monoisotopic (exact) mass is 371 g/mol. The van der Waals surface area contributed by atoms with E-state index in [1.54, 1.807) is 19.3 Å². The van der Waals surface area contributed by atoms with Crippen LogP contribution in [0.25, 0.3) is 11.1 Å². The first-order valence-electron chi connectivity index (χ1n) is 8.84. The fourth-order valence-electron chi connectivity index (χ4n) is 3.66. The highest BCUT2D eigenvalue weighted by Crippen LogP contribution is 2.39. The van der Waals surface area contributed by atoms with Crippen molar-refractivity contribution in [2.24, 2.45) is 0 Å². The maximum atomic E-state index is 12.1. The number of pyridine rings is 1. The van der Waals surface area contributed by atoms with E-state index in [-0.39, 0.29) is 18.2 Å². The average Bonchev–Trinajstić information content (AvgIpc) is 3.09. The van der Waals surface area contributed by atoms with Crippen molar-refractivity contribution in [1.29, 1.82) is 0 Å². The van der Waals surface area contributed by atoms with Crippen molar-refractivity contribution in [3.8, 4) is 11.1 Å². The van der Waals surface area contributed by atoms with Gasteiger partial charge < -0.3 is 4.90 Å². The molecule has 1 aromatic carbocycles. The summed E-state index contributed by atoms with van der Waals surface area (Å²) in [6, 6.07) is 6.25. The lowest BCUT2D eigenvalue weighted by molar-refractivity contribution is -0.118. The zero-order valence-electron chi connectivity index (χ0n) is 14.7. The zero-order chi connectivity index (χ0) is 18.3. The van der Waals surface area contributed by atoms with Gasteiger partial charge in [0.1, 0.15) is 0 Å². The van der Waals surface area contributed by atoms with Gasteiger partial charge in [0.2, 0.25) is 15.9 Å². The minimum atomic E-state index is -3.23. The van der Waals surface area contributed by atoms with E-state index in [1.807, 2.05) is 11.0 Å². The summed E-state index contributed by atoms with van der Waals surface area (Å²) in [5.41, 5.74) is 6.39. The van der Waals surface area contributed by atoms with Gasteiger partial charge >= 0.3 is 0 Å². The second-order valence-corrected chi connectivity index (χ2v) is 8.84. The lowest BCUT2D eigenvalue weighted by Crippen LogP contribution is -2.32. The molecule has 1 N–H and O–H groups in total. The zero-order valence-corrected chi connectivity index (χ0v) is 15.5. The number of hydrogen-bond acceptors (Lipinski definition) is 4. The van der Waals surface area contributed by atoms with Crippen molar-refractivity contribution < 1.29 is 13.2 Å². The number of amides is 1. The van der Waals surface area contributed by atoms with Gasteiger partial charge in [0.15, 0.2) is 0 Å². The van der Waals surface area contributed by atoms with Crippen molar-refractivity contribution in [1.82, 2.24) is 9.71 Å². The van der Waals surface area contributed by atoms with Gasteiger partial charge in [-0.2, -0.15) is 0 Å². The molecule has 2 aliphatic heterocycles. The minimum absolute atomic E-state index is 0.0590. The molecule has 0 unspecified atom stereocenters. The van der Waals surface area contributed by atoms with E-state index in [1.165, 1.54) is 11.1 Å². The Morgan fingerprint density at radius 2 is 1.85 bits per heavy atom. The summed E-state index contributed by atoms with van der Waals surface area (Å²) >= 11 is 0. The van der Waals surface area contributed by atoms with E-state index in [2.05, 4.69) is 21.8 Å². The normalized spacial score (nSPS) is 16.0. The van der Waals surface area contributed by atoms with Gasteiger partial charge in [0.05, 0.1) is 11.4 Å². The van der Waals surface area contributed by atoms with Crippen molar-refractivity contribution in [2.45, 2.75) is 32.7 Å². The number of carbonyl (C=O) groups is 1. The van der Waals surface area contributed by atoms with Crippen LogP contribution in [-0.2, 0) is 34.2 Å². The predicted molar refractivity (Wildman–Crippen MR) is 100 cm³/mol. The number of anilines is 1. The van der Waals surface area contributed by atoms with E-state index in [4.69, 9.17) is 0 Å². The molecule has 2 aromatic rings. The van der Waals surface area contributed by atoms with Crippen LogP contribution in [-0.4, -0.2) is 31.6 Å². The summed E-state index contributed by atoms with van der Waals surface area (Å²) in [6.07, 6.45) is 5.69. The standard InChI is InChI=1S/C19H21N3O3S/c1-2-26(24,25)21-11-13-7-17(12-20-10-13)16-8-14-3-4-18(23)22-6-5-15(9-16)19(14)22/h7-10,12,21H,2-6,11H2,1H3. The lowest BCUT2D eigenvalue weighted by Gasteiger charge is -2.25. The van der Waals surface area contributed by atoms with Gasteiger partial charge in [0, 0.05) is 37.5 Å². The van der Waals surface area contributed by atoms with E-state index in [0.29, 0.717) is 6.42 Å². The molecule has 1 aromatic heterocycles. The molecule has 26 heavy (non-hydrogen) atoms. The van der Waals surface area contributed by atoms with Crippen LogP contribution >= 0.6 is 0 Å². The highest BCUT2D eigenvalue weighted by molar-refractivity contribution is 7.89. The number of sulfonamides is 1. The van der Waals surface area contributed by atoms with Crippen LogP contribution < -0.4 is 9.62 Å². The Balaban J connectivity index is 1.65. The number of rotatable bonds is 5. The minimum Gasteiger partial charge on any atom is -0.312 e. The average molecular weight is 371 g/mol. The molecule has 2 aliphatic rings. The Morgan fingerprint density at radius 1 is 1.08 bits per heavy atom. The number of nitrogens with zero attached hydrogens (tertiary/aromatic N) is 2. The molecule has 0 radical (unpaired) electrons. The molecule has 0 bridgehead atoms. The van der Waals surface area contributed by atoms with Crippen molar-refractivity contribution in [3.63, 3.8) is 0 Å². The molecular formula is C19H21N3O3S. The maximum Gasteiger partial charge on any atom is 0.227 e. The summed E-state index contributed by atoms with van der Waals surface area (Å²) in [5, 5.41) is 0. The maximum absolute atomic E-state index is 12.1. The van der Waals surface area contributed by atoms with Crippen molar-refractivity contribution in [3.05, 3.63) is 47.3 Å². The third-order valence-electron chi connectivity index (χ3n) is 5.06. The quantitative estimate of drug-likeness (QED) is 0.872. The van der Waals surface area contributed by atoms with Crippen LogP contribution in [0.2, 0.25) is 0 Å². The van der Waals surface area contributed by atoms with Gasteiger partial charge in [0.25, 0.3) is 0 Å². The molecule has 0 saturated heterocycles. The highest BCUT2D eigenvalue weighted by Gasteiger charge is 2.31. The van der Waals surface area contributed by atoms with Crippen molar-refractivity contribution >= 4 is 21.6 Å². The third-order valence-corrected chi connectivity index (χ3v) is 6.40. The van der Waals surface area contributed by atoms with Crippen LogP contribution in [0.4, 0.5) is 5.69 Å². The van der Waals surface area contributed by atoms with E-state index >= 15 is 0 Å². The first kappa shape index (κ1) is 17.2. The molecule has 0 aliphatic carbocycles.